The van der Waals surface area contributed by atoms with E-state index in [9.17, 15) is 4.79 Å². The fourth-order valence-electron chi connectivity index (χ4n) is 1.00. The van der Waals surface area contributed by atoms with Gasteiger partial charge in [-0.25, -0.2) is 9.97 Å². The van der Waals surface area contributed by atoms with Gasteiger partial charge in [-0.15, -0.1) is 0 Å². The summed E-state index contributed by atoms with van der Waals surface area (Å²) in [5.41, 5.74) is 0.979. The Bertz CT molecular complexity index is 306. The molecular formula is C10H15N3O. The van der Waals surface area contributed by atoms with E-state index in [2.05, 4.69) is 15.3 Å². The molecule has 0 unspecified atom stereocenters. The van der Waals surface area contributed by atoms with E-state index in [1.54, 1.807) is 12.4 Å². The summed E-state index contributed by atoms with van der Waals surface area (Å²) in [6.07, 6.45) is 3.85. The van der Waals surface area contributed by atoms with Crippen molar-refractivity contribution in [3.05, 3.63) is 18.0 Å². The van der Waals surface area contributed by atoms with Crippen LogP contribution in [0.15, 0.2) is 12.4 Å². The molecule has 0 aliphatic carbocycles. The Balaban J connectivity index is 2.52. The van der Waals surface area contributed by atoms with Crippen molar-refractivity contribution in [3.63, 3.8) is 0 Å². The van der Waals surface area contributed by atoms with Gasteiger partial charge in [-0.3, -0.25) is 10.1 Å². The number of nitrogens with one attached hydrogen (secondary N) is 1. The lowest BCUT2D eigenvalue weighted by atomic mass is 10.1. The monoisotopic (exact) mass is 193 g/mol. The molecule has 0 spiro atoms. The minimum atomic E-state index is -0.0381. The Hall–Kier alpha value is -1.45. The number of rotatable bonds is 3. The number of nitrogens with zero attached hydrogens (tertiary/aromatic N) is 2. The van der Waals surface area contributed by atoms with Crippen molar-refractivity contribution in [2.45, 2.75) is 27.2 Å². The molecule has 0 aliphatic heterocycles. The molecule has 0 saturated heterocycles. The summed E-state index contributed by atoms with van der Waals surface area (Å²) in [6.45, 7) is 5.89. The molecular weight excluding hydrogens is 178 g/mol. The molecule has 4 nitrogen and oxygen atoms in total. The average Bonchev–Trinajstić information content (AvgIpc) is 2.07. The molecule has 0 aliphatic rings. The molecule has 0 saturated carbocycles. The normalized spacial score (nSPS) is 10.3. The van der Waals surface area contributed by atoms with E-state index < -0.39 is 0 Å². The molecule has 1 N–H and O–H groups in total. The smallest absolute Gasteiger partial charge is 0.229 e. The van der Waals surface area contributed by atoms with Crippen LogP contribution in [0.3, 0.4) is 0 Å². The summed E-state index contributed by atoms with van der Waals surface area (Å²) in [4.78, 5) is 19.3. The predicted octanol–water partition coefficient (Wildman–Crippen LogP) is 1.77. The second-order valence-electron chi connectivity index (χ2n) is 3.73. The first kappa shape index (κ1) is 10.6. The molecule has 0 fully saturated rings. The molecule has 1 aromatic heterocycles. The van der Waals surface area contributed by atoms with Crippen molar-refractivity contribution < 1.29 is 4.79 Å². The number of hydrogen-bond donors (Lipinski definition) is 1. The number of hydrogen-bond acceptors (Lipinski definition) is 3. The van der Waals surface area contributed by atoms with Crippen molar-refractivity contribution in [1.82, 2.24) is 9.97 Å². The zero-order valence-corrected chi connectivity index (χ0v) is 8.74. The van der Waals surface area contributed by atoms with E-state index in [1.165, 1.54) is 0 Å². The van der Waals surface area contributed by atoms with Crippen LogP contribution >= 0.6 is 0 Å². The van der Waals surface area contributed by atoms with E-state index in [0.717, 1.165) is 5.56 Å². The van der Waals surface area contributed by atoms with E-state index in [0.29, 0.717) is 18.3 Å². The van der Waals surface area contributed by atoms with E-state index >= 15 is 0 Å². The fraction of sp³-hybridized carbons (Fsp3) is 0.500. The number of amides is 1. The maximum absolute atomic E-state index is 11.3. The molecule has 14 heavy (non-hydrogen) atoms. The highest BCUT2D eigenvalue weighted by Gasteiger charge is 2.05. The third-order valence-electron chi connectivity index (χ3n) is 1.63. The molecule has 0 atom stereocenters. The molecule has 1 amide bonds. The van der Waals surface area contributed by atoms with Crippen LogP contribution in [0.2, 0.25) is 0 Å². The van der Waals surface area contributed by atoms with E-state index in [1.807, 2.05) is 20.8 Å². The lowest BCUT2D eigenvalue weighted by Gasteiger charge is -2.05. The van der Waals surface area contributed by atoms with Crippen LogP contribution in [0, 0.1) is 12.8 Å². The first-order valence-electron chi connectivity index (χ1n) is 4.66. The maximum Gasteiger partial charge on any atom is 0.229 e. The lowest BCUT2D eigenvalue weighted by Crippen LogP contribution is -2.15. The third kappa shape index (κ3) is 3.51. The minimum absolute atomic E-state index is 0.0381. The molecule has 1 aromatic rings. The number of anilines is 1. The molecule has 76 valence electrons. The number of aryl methyl sites for hydroxylation is 1. The number of carbonyl (C=O) groups excluding carboxylic acids is 1. The van der Waals surface area contributed by atoms with Gasteiger partial charge in [0, 0.05) is 18.8 Å². The Morgan fingerprint density at radius 1 is 1.43 bits per heavy atom. The summed E-state index contributed by atoms with van der Waals surface area (Å²) < 4.78 is 0. The highest BCUT2D eigenvalue weighted by atomic mass is 16.1. The van der Waals surface area contributed by atoms with Gasteiger partial charge in [-0.2, -0.15) is 0 Å². The van der Waals surface area contributed by atoms with Crippen LogP contribution in [0.25, 0.3) is 0 Å². The first-order chi connectivity index (χ1) is 6.58. The van der Waals surface area contributed by atoms with Gasteiger partial charge in [0.2, 0.25) is 11.9 Å². The van der Waals surface area contributed by atoms with Crippen LogP contribution in [0.1, 0.15) is 25.8 Å². The molecule has 4 heteroatoms. The van der Waals surface area contributed by atoms with Crippen LogP contribution in [-0.2, 0) is 4.79 Å². The topological polar surface area (TPSA) is 54.9 Å². The SMILES string of the molecule is Cc1cnc(NC(=O)CC(C)C)nc1. The zero-order valence-electron chi connectivity index (χ0n) is 8.74. The Morgan fingerprint density at radius 3 is 2.50 bits per heavy atom. The highest BCUT2D eigenvalue weighted by molar-refractivity contribution is 5.88. The van der Waals surface area contributed by atoms with Gasteiger partial charge in [0.1, 0.15) is 0 Å². The van der Waals surface area contributed by atoms with Crippen molar-refractivity contribution in [1.29, 1.82) is 0 Å². The molecule has 1 rings (SSSR count). The third-order valence-corrected chi connectivity index (χ3v) is 1.63. The van der Waals surface area contributed by atoms with Crippen molar-refractivity contribution >= 4 is 11.9 Å². The Morgan fingerprint density at radius 2 is 2.00 bits per heavy atom. The standard InChI is InChI=1S/C10H15N3O/c1-7(2)4-9(14)13-10-11-5-8(3)6-12-10/h5-7H,4H2,1-3H3,(H,11,12,13,14). The Kier molecular flexibility index (Phi) is 3.56. The summed E-state index contributed by atoms with van der Waals surface area (Å²) >= 11 is 0. The van der Waals surface area contributed by atoms with Gasteiger partial charge in [0.05, 0.1) is 0 Å². The molecule has 1 heterocycles. The Labute approximate surface area is 83.8 Å². The van der Waals surface area contributed by atoms with E-state index in [-0.39, 0.29) is 5.91 Å². The minimum Gasteiger partial charge on any atom is -0.295 e. The predicted molar refractivity (Wildman–Crippen MR) is 54.9 cm³/mol. The first-order valence-corrected chi connectivity index (χ1v) is 4.66. The van der Waals surface area contributed by atoms with Crippen LogP contribution in [0.5, 0.6) is 0 Å². The lowest BCUT2D eigenvalue weighted by molar-refractivity contribution is -0.116. The summed E-state index contributed by atoms with van der Waals surface area (Å²) in [7, 11) is 0. The van der Waals surface area contributed by atoms with Gasteiger partial charge in [0.15, 0.2) is 0 Å². The van der Waals surface area contributed by atoms with Gasteiger partial charge in [-0.1, -0.05) is 13.8 Å². The number of carbonyl (C=O) groups is 1. The van der Waals surface area contributed by atoms with Gasteiger partial charge in [-0.05, 0) is 18.4 Å². The van der Waals surface area contributed by atoms with Crippen molar-refractivity contribution in [2.75, 3.05) is 5.32 Å². The van der Waals surface area contributed by atoms with Crippen molar-refractivity contribution in [2.24, 2.45) is 5.92 Å². The van der Waals surface area contributed by atoms with Crippen LogP contribution < -0.4 is 5.32 Å². The molecule has 0 aromatic carbocycles. The van der Waals surface area contributed by atoms with Gasteiger partial charge < -0.3 is 0 Å². The average molecular weight is 193 g/mol. The fourth-order valence-corrected chi connectivity index (χ4v) is 1.00. The largest absolute Gasteiger partial charge is 0.295 e. The van der Waals surface area contributed by atoms with Crippen LogP contribution in [-0.4, -0.2) is 15.9 Å². The van der Waals surface area contributed by atoms with Gasteiger partial charge >= 0.3 is 0 Å². The highest BCUT2D eigenvalue weighted by Crippen LogP contribution is 2.03. The molecule has 0 bridgehead atoms. The quantitative estimate of drug-likeness (QED) is 0.796. The van der Waals surface area contributed by atoms with E-state index in [4.69, 9.17) is 0 Å². The molecule has 0 radical (unpaired) electrons. The zero-order chi connectivity index (χ0) is 10.6. The summed E-state index contributed by atoms with van der Waals surface area (Å²) in [5.74, 6) is 0.686. The second kappa shape index (κ2) is 4.69. The summed E-state index contributed by atoms with van der Waals surface area (Å²) in [5, 5.41) is 2.64. The maximum atomic E-state index is 11.3. The number of aromatic nitrogens is 2. The second-order valence-corrected chi connectivity index (χ2v) is 3.73. The summed E-state index contributed by atoms with van der Waals surface area (Å²) in [6, 6.07) is 0. The van der Waals surface area contributed by atoms with Crippen molar-refractivity contribution in [3.8, 4) is 0 Å². The van der Waals surface area contributed by atoms with Crippen LogP contribution in [0.4, 0.5) is 5.95 Å². The van der Waals surface area contributed by atoms with Gasteiger partial charge in [0.25, 0.3) is 0 Å².